The van der Waals surface area contributed by atoms with Gasteiger partial charge in [-0.15, -0.1) is 0 Å². The molecule has 0 heterocycles. The van der Waals surface area contributed by atoms with Crippen LogP contribution in [0, 0.1) is 0 Å². The van der Waals surface area contributed by atoms with Crippen molar-refractivity contribution in [1.29, 1.82) is 0 Å². The molecule has 5 nitrogen and oxygen atoms in total. The van der Waals surface area contributed by atoms with E-state index < -0.39 is 9.89 Å². The molecule has 0 aromatic carbocycles. The van der Waals surface area contributed by atoms with Crippen LogP contribution in [0.4, 0.5) is 4.79 Å². The lowest BCUT2D eigenvalue weighted by Gasteiger charge is -2.11. The molecule has 0 atom stereocenters. The first-order valence-corrected chi connectivity index (χ1v) is 5.52. The van der Waals surface area contributed by atoms with Crippen LogP contribution in [-0.2, 0) is 14.3 Å². The standard InChI is InChI=1S/C8H12Cl3NO4/c1-15-6(13)3-2-4-12-7(14)16-5-8(9,10)11/h2-5H2,1H3,(H,12,14). The molecule has 0 fully saturated rings. The van der Waals surface area contributed by atoms with Crippen LogP contribution in [0.2, 0.25) is 0 Å². The summed E-state index contributed by atoms with van der Waals surface area (Å²) in [5.41, 5.74) is 0. The van der Waals surface area contributed by atoms with Gasteiger partial charge in [-0.25, -0.2) is 4.79 Å². The molecular weight excluding hydrogens is 280 g/mol. The number of halogens is 3. The van der Waals surface area contributed by atoms with Gasteiger partial charge in [-0.3, -0.25) is 4.79 Å². The average molecular weight is 293 g/mol. The molecule has 1 N–H and O–H groups in total. The normalized spacial score (nSPS) is 10.8. The first-order valence-electron chi connectivity index (χ1n) is 4.39. The van der Waals surface area contributed by atoms with Crippen molar-refractivity contribution in [2.45, 2.75) is 16.6 Å². The van der Waals surface area contributed by atoms with Gasteiger partial charge in [0, 0.05) is 13.0 Å². The quantitative estimate of drug-likeness (QED) is 0.478. The number of hydrogen-bond donors (Lipinski definition) is 1. The number of amides is 1. The van der Waals surface area contributed by atoms with E-state index in [1.807, 2.05) is 0 Å². The third-order valence-electron chi connectivity index (χ3n) is 1.42. The summed E-state index contributed by atoms with van der Waals surface area (Å²) < 4.78 is 7.37. The molecule has 0 aliphatic rings. The topological polar surface area (TPSA) is 64.6 Å². The van der Waals surface area contributed by atoms with Crippen molar-refractivity contribution < 1.29 is 19.1 Å². The third kappa shape index (κ3) is 10.1. The fourth-order valence-corrected chi connectivity index (χ4v) is 0.887. The number of hydrogen-bond acceptors (Lipinski definition) is 4. The molecule has 8 heteroatoms. The van der Waals surface area contributed by atoms with E-state index in [1.54, 1.807) is 0 Å². The van der Waals surface area contributed by atoms with E-state index >= 15 is 0 Å². The Kier molecular flexibility index (Phi) is 7.62. The number of methoxy groups -OCH3 is 1. The molecule has 0 aromatic rings. The van der Waals surface area contributed by atoms with Gasteiger partial charge in [0.15, 0.2) is 0 Å². The first-order chi connectivity index (χ1) is 7.35. The summed E-state index contributed by atoms with van der Waals surface area (Å²) in [7, 11) is 1.30. The second kappa shape index (κ2) is 7.81. The molecule has 0 saturated carbocycles. The summed E-state index contributed by atoms with van der Waals surface area (Å²) in [6, 6.07) is 0. The molecule has 0 unspecified atom stereocenters. The van der Waals surface area contributed by atoms with Crippen LogP contribution in [0.3, 0.4) is 0 Å². The van der Waals surface area contributed by atoms with Gasteiger partial charge < -0.3 is 14.8 Å². The van der Waals surface area contributed by atoms with Crippen LogP contribution < -0.4 is 5.32 Å². The lowest BCUT2D eigenvalue weighted by molar-refractivity contribution is -0.140. The minimum absolute atomic E-state index is 0.223. The van der Waals surface area contributed by atoms with Crippen molar-refractivity contribution in [2.75, 3.05) is 20.3 Å². The van der Waals surface area contributed by atoms with Crippen molar-refractivity contribution in [1.82, 2.24) is 5.32 Å². The van der Waals surface area contributed by atoms with E-state index in [9.17, 15) is 9.59 Å². The maximum absolute atomic E-state index is 11.0. The van der Waals surface area contributed by atoms with Crippen molar-refractivity contribution in [3.05, 3.63) is 0 Å². The Morgan fingerprint density at radius 2 is 1.94 bits per heavy atom. The lowest BCUT2D eigenvalue weighted by atomic mass is 10.3. The van der Waals surface area contributed by atoms with E-state index in [0.29, 0.717) is 6.42 Å². The molecule has 0 radical (unpaired) electrons. The first kappa shape index (κ1) is 15.6. The minimum atomic E-state index is -1.62. The smallest absolute Gasteiger partial charge is 0.407 e. The maximum Gasteiger partial charge on any atom is 0.407 e. The largest absolute Gasteiger partial charge is 0.469 e. The Labute approximate surface area is 108 Å². The fraction of sp³-hybridized carbons (Fsp3) is 0.750. The Hall–Kier alpha value is -0.390. The van der Waals surface area contributed by atoms with Crippen molar-refractivity contribution in [3.8, 4) is 0 Å². The molecule has 0 saturated heterocycles. The number of rotatable bonds is 5. The summed E-state index contributed by atoms with van der Waals surface area (Å²) >= 11 is 16.1. The summed E-state index contributed by atoms with van der Waals surface area (Å²) in [5, 5.41) is 2.39. The van der Waals surface area contributed by atoms with Crippen LogP contribution >= 0.6 is 34.8 Å². The lowest BCUT2D eigenvalue weighted by Crippen LogP contribution is -2.28. The van der Waals surface area contributed by atoms with Crippen molar-refractivity contribution in [3.63, 3.8) is 0 Å². The Balaban J connectivity index is 3.48. The Morgan fingerprint density at radius 3 is 2.44 bits per heavy atom. The molecule has 16 heavy (non-hydrogen) atoms. The van der Waals surface area contributed by atoms with Crippen LogP contribution in [0.5, 0.6) is 0 Å². The molecular formula is C8H12Cl3NO4. The average Bonchev–Trinajstić information content (AvgIpc) is 2.20. The van der Waals surface area contributed by atoms with Gasteiger partial charge in [-0.1, -0.05) is 34.8 Å². The van der Waals surface area contributed by atoms with E-state index in [-0.39, 0.29) is 25.5 Å². The number of alkyl halides is 3. The van der Waals surface area contributed by atoms with E-state index in [1.165, 1.54) is 7.11 Å². The number of esters is 1. The van der Waals surface area contributed by atoms with E-state index in [4.69, 9.17) is 34.8 Å². The van der Waals surface area contributed by atoms with Crippen LogP contribution in [0.15, 0.2) is 0 Å². The molecule has 1 amide bonds. The van der Waals surface area contributed by atoms with Gasteiger partial charge >= 0.3 is 12.1 Å². The predicted octanol–water partition coefficient (Wildman–Crippen LogP) is 2.04. The van der Waals surface area contributed by atoms with Gasteiger partial charge in [0.05, 0.1) is 7.11 Å². The zero-order chi connectivity index (χ0) is 12.6. The number of nitrogens with one attached hydrogen (secondary N) is 1. The summed E-state index contributed by atoms with van der Waals surface area (Å²) in [5.74, 6) is -0.337. The van der Waals surface area contributed by atoms with Crippen molar-refractivity contribution in [2.24, 2.45) is 0 Å². The van der Waals surface area contributed by atoms with Gasteiger partial charge in [0.2, 0.25) is 3.79 Å². The van der Waals surface area contributed by atoms with Gasteiger partial charge in [0.25, 0.3) is 0 Å². The highest BCUT2D eigenvalue weighted by Gasteiger charge is 2.21. The molecule has 0 aliphatic heterocycles. The number of carbonyl (C=O) groups is 2. The second-order valence-electron chi connectivity index (χ2n) is 2.80. The van der Waals surface area contributed by atoms with E-state index in [0.717, 1.165) is 0 Å². The highest BCUT2D eigenvalue weighted by Crippen LogP contribution is 2.25. The van der Waals surface area contributed by atoms with Crippen molar-refractivity contribution >= 4 is 46.9 Å². The molecule has 0 bridgehead atoms. The minimum Gasteiger partial charge on any atom is -0.469 e. The number of ether oxygens (including phenoxy) is 2. The third-order valence-corrected chi connectivity index (χ3v) is 1.75. The van der Waals surface area contributed by atoms with E-state index in [2.05, 4.69) is 14.8 Å². The Bertz CT molecular complexity index is 242. The summed E-state index contributed by atoms with van der Waals surface area (Å²) in [4.78, 5) is 21.7. The summed E-state index contributed by atoms with van der Waals surface area (Å²) in [6.45, 7) is -0.0473. The number of alkyl carbamates (subject to hydrolysis) is 1. The van der Waals surface area contributed by atoms with Crippen LogP contribution in [-0.4, -0.2) is 36.1 Å². The molecule has 0 rings (SSSR count). The molecule has 0 spiro atoms. The van der Waals surface area contributed by atoms with Crippen LogP contribution in [0.25, 0.3) is 0 Å². The zero-order valence-electron chi connectivity index (χ0n) is 8.60. The van der Waals surface area contributed by atoms with Gasteiger partial charge in [-0.05, 0) is 6.42 Å². The fourth-order valence-electron chi connectivity index (χ4n) is 0.724. The second-order valence-corrected chi connectivity index (χ2v) is 5.31. The molecule has 94 valence electrons. The molecule has 0 aromatic heterocycles. The SMILES string of the molecule is COC(=O)CCCNC(=O)OCC(Cl)(Cl)Cl. The monoisotopic (exact) mass is 291 g/mol. The Morgan fingerprint density at radius 1 is 1.31 bits per heavy atom. The predicted molar refractivity (Wildman–Crippen MR) is 60.9 cm³/mol. The molecule has 0 aliphatic carbocycles. The summed E-state index contributed by atoms with van der Waals surface area (Å²) in [6.07, 6.45) is -0.0206. The van der Waals surface area contributed by atoms with Gasteiger partial charge in [0.1, 0.15) is 6.61 Å². The highest BCUT2D eigenvalue weighted by molar-refractivity contribution is 6.67. The van der Waals surface area contributed by atoms with Gasteiger partial charge in [-0.2, -0.15) is 0 Å². The maximum atomic E-state index is 11.0. The van der Waals surface area contributed by atoms with Crippen LogP contribution in [0.1, 0.15) is 12.8 Å². The highest BCUT2D eigenvalue weighted by atomic mass is 35.6. The number of carbonyl (C=O) groups excluding carboxylic acids is 2. The zero-order valence-corrected chi connectivity index (χ0v) is 10.9.